The minimum absolute atomic E-state index is 0.0138. The molecule has 0 radical (unpaired) electrons. The van der Waals surface area contributed by atoms with Gasteiger partial charge in [0, 0.05) is 38.3 Å². The number of amides is 2. The van der Waals surface area contributed by atoms with Gasteiger partial charge in [-0.15, -0.1) is 0 Å². The van der Waals surface area contributed by atoms with Gasteiger partial charge in [-0.3, -0.25) is 14.3 Å². The molecule has 1 aliphatic carbocycles. The number of carbonyl (C=O) groups is 2. The Morgan fingerprint density at radius 1 is 1.29 bits per heavy atom. The lowest BCUT2D eigenvalue weighted by Crippen LogP contribution is -2.44. The number of aryl methyl sites for hydroxylation is 1. The number of aromatic nitrogens is 2. The molecule has 2 rings (SSSR count). The van der Waals surface area contributed by atoms with E-state index in [4.69, 9.17) is 5.73 Å². The van der Waals surface area contributed by atoms with Gasteiger partial charge in [-0.05, 0) is 31.7 Å². The molecule has 4 N–H and O–H groups in total. The summed E-state index contributed by atoms with van der Waals surface area (Å²) in [5.41, 5.74) is 5.92. The number of nitrogens with one attached hydrogen (secondary N) is 2. The van der Waals surface area contributed by atoms with Crippen molar-refractivity contribution in [2.45, 2.75) is 44.2 Å². The summed E-state index contributed by atoms with van der Waals surface area (Å²) < 4.78 is 1.56. The summed E-state index contributed by atoms with van der Waals surface area (Å²) in [5.74, 6) is -0.0783. The number of hydrogen-bond acceptors (Lipinski definition) is 4. The predicted molar refractivity (Wildman–Crippen MR) is 78.5 cm³/mol. The van der Waals surface area contributed by atoms with Crippen LogP contribution in [0.2, 0.25) is 0 Å². The first-order valence-electron chi connectivity index (χ1n) is 7.38. The molecule has 0 saturated heterocycles. The fourth-order valence-electron chi connectivity index (χ4n) is 2.67. The van der Waals surface area contributed by atoms with E-state index in [0.29, 0.717) is 18.7 Å². The minimum atomic E-state index is -0.0920. The third-order valence-corrected chi connectivity index (χ3v) is 3.85. The molecule has 1 aromatic rings. The van der Waals surface area contributed by atoms with Crippen molar-refractivity contribution < 1.29 is 9.59 Å². The van der Waals surface area contributed by atoms with Gasteiger partial charge in [-0.1, -0.05) is 0 Å². The first-order valence-corrected chi connectivity index (χ1v) is 7.38. The highest BCUT2D eigenvalue weighted by Crippen LogP contribution is 2.19. The first-order chi connectivity index (χ1) is 10.1. The zero-order chi connectivity index (χ0) is 15.2. The Morgan fingerprint density at radius 3 is 2.43 bits per heavy atom. The van der Waals surface area contributed by atoms with Crippen LogP contribution in [-0.2, 0) is 11.8 Å². The average molecular weight is 293 g/mol. The van der Waals surface area contributed by atoms with Crippen molar-refractivity contribution >= 4 is 11.8 Å². The van der Waals surface area contributed by atoms with Crippen molar-refractivity contribution in [1.82, 2.24) is 20.4 Å². The quantitative estimate of drug-likeness (QED) is 0.707. The monoisotopic (exact) mass is 293 g/mol. The van der Waals surface area contributed by atoms with Crippen LogP contribution in [-0.4, -0.2) is 40.2 Å². The summed E-state index contributed by atoms with van der Waals surface area (Å²) in [5, 5.41) is 10.0. The third-order valence-electron chi connectivity index (χ3n) is 3.85. The summed E-state index contributed by atoms with van der Waals surface area (Å²) in [6.45, 7) is 0.377. The van der Waals surface area contributed by atoms with Gasteiger partial charge in [-0.25, -0.2) is 0 Å². The van der Waals surface area contributed by atoms with E-state index in [1.54, 1.807) is 24.0 Å². The molecule has 0 bridgehead atoms. The molecule has 0 aromatic carbocycles. The van der Waals surface area contributed by atoms with Gasteiger partial charge in [-0.2, -0.15) is 5.10 Å². The number of rotatable bonds is 5. The Kier molecular flexibility index (Phi) is 5.32. The molecule has 116 valence electrons. The Hall–Kier alpha value is -1.89. The molecule has 0 spiro atoms. The average Bonchev–Trinajstić information content (AvgIpc) is 2.87. The van der Waals surface area contributed by atoms with Gasteiger partial charge in [0.2, 0.25) is 5.91 Å². The van der Waals surface area contributed by atoms with Gasteiger partial charge in [0.15, 0.2) is 0 Å². The Morgan fingerprint density at radius 2 is 1.90 bits per heavy atom. The molecular weight excluding hydrogens is 270 g/mol. The third kappa shape index (κ3) is 4.29. The predicted octanol–water partition coefficient (Wildman–Crippen LogP) is -0.0739. The number of nitrogens with zero attached hydrogens (tertiary/aromatic N) is 2. The van der Waals surface area contributed by atoms with E-state index in [1.807, 2.05) is 0 Å². The highest BCUT2D eigenvalue weighted by Gasteiger charge is 2.24. The van der Waals surface area contributed by atoms with Gasteiger partial charge in [0.25, 0.3) is 5.91 Å². The van der Waals surface area contributed by atoms with Crippen LogP contribution in [0.25, 0.3) is 0 Å². The number of nitrogens with two attached hydrogens (primary N) is 1. The molecule has 7 heteroatoms. The van der Waals surface area contributed by atoms with Crippen LogP contribution in [0.1, 0.15) is 42.6 Å². The molecule has 0 aliphatic heterocycles. The molecule has 1 heterocycles. The van der Waals surface area contributed by atoms with Crippen molar-refractivity contribution in [2.75, 3.05) is 6.54 Å². The van der Waals surface area contributed by atoms with Crippen molar-refractivity contribution in [3.8, 4) is 0 Å². The molecule has 1 fully saturated rings. The molecule has 2 amide bonds. The number of hydrogen-bond donors (Lipinski definition) is 3. The summed E-state index contributed by atoms with van der Waals surface area (Å²) in [6.07, 6.45) is 5.49. The van der Waals surface area contributed by atoms with E-state index in [-0.39, 0.29) is 23.9 Å². The fraction of sp³-hybridized carbons (Fsp3) is 0.643. The van der Waals surface area contributed by atoms with Gasteiger partial charge in [0.05, 0.1) is 0 Å². The molecule has 21 heavy (non-hydrogen) atoms. The Bertz CT molecular complexity index is 491. The highest BCUT2D eigenvalue weighted by molar-refractivity contribution is 5.92. The lowest BCUT2D eigenvalue weighted by atomic mass is 9.91. The largest absolute Gasteiger partial charge is 0.353 e. The molecule has 7 nitrogen and oxygen atoms in total. The number of carbonyl (C=O) groups excluding carboxylic acids is 2. The van der Waals surface area contributed by atoms with E-state index in [9.17, 15) is 9.59 Å². The molecule has 1 aromatic heterocycles. The zero-order valence-corrected chi connectivity index (χ0v) is 12.3. The molecular formula is C14H23N5O2. The van der Waals surface area contributed by atoms with Crippen LogP contribution < -0.4 is 16.4 Å². The minimum Gasteiger partial charge on any atom is -0.353 e. The van der Waals surface area contributed by atoms with Gasteiger partial charge >= 0.3 is 0 Å². The maximum atomic E-state index is 12.1. The topological polar surface area (TPSA) is 102 Å². The van der Waals surface area contributed by atoms with Crippen LogP contribution in [0, 0.1) is 0 Å². The van der Waals surface area contributed by atoms with Crippen LogP contribution in [0.5, 0.6) is 0 Å². The van der Waals surface area contributed by atoms with Crippen molar-refractivity contribution in [1.29, 1.82) is 0 Å². The summed E-state index contributed by atoms with van der Waals surface area (Å²) in [4.78, 5) is 23.6. The van der Waals surface area contributed by atoms with E-state index >= 15 is 0 Å². The van der Waals surface area contributed by atoms with Crippen LogP contribution in [0.15, 0.2) is 12.3 Å². The molecule has 0 atom stereocenters. The Labute approximate surface area is 124 Å². The molecule has 1 saturated carbocycles. The van der Waals surface area contributed by atoms with Crippen molar-refractivity contribution in [3.05, 3.63) is 18.0 Å². The SMILES string of the molecule is Cn1nccc1C(=O)NC1CCC(NC(=O)CCN)CC1. The van der Waals surface area contributed by atoms with Gasteiger partial charge < -0.3 is 16.4 Å². The van der Waals surface area contributed by atoms with E-state index in [2.05, 4.69) is 15.7 Å². The zero-order valence-electron chi connectivity index (χ0n) is 12.3. The van der Waals surface area contributed by atoms with Crippen LogP contribution in [0.4, 0.5) is 0 Å². The summed E-state index contributed by atoms with van der Waals surface area (Å²) >= 11 is 0. The van der Waals surface area contributed by atoms with E-state index < -0.39 is 0 Å². The summed E-state index contributed by atoms with van der Waals surface area (Å²) in [6, 6.07) is 2.07. The van der Waals surface area contributed by atoms with E-state index in [0.717, 1.165) is 25.7 Å². The second-order valence-electron chi connectivity index (χ2n) is 5.47. The van der Waals surface area contributed by atoms with Crippen molar-refractivity contribution in [3.63, 3.8) is 0 Å². The standard InChI is InChI=1S/C14H23N5O2/c1-19-12(7-9-16-19)14(21)18-11-4-2-10(3-5-11)17-13(20)6-8-15/h7,9-11H,2-6,8,15H2,1H3,(H,17,20)(H,18,21). The lowest BCUT2D eigenvalue weighted by molar-refractivity contribution is -0.121. The second-order valence-corrected chi connectivity index (χ2v) is 5.47. The summed E-state index contributed by atoms with van der Waals surface area (Å²) in [7, 11) is 1.75. The van der Waals surface area contributed by atoms with Gasteiger partial charge in [0.1, 0.15) is 5.69 Å². The maximum Gasteiger partial charge on any atom is 0.269 e. The Balaban J connectivity index is 1.75. The molecule has 0 unspecified atom stereocenters. The van der Waals surface area contributed by atoms with Crippen LogP contribution in [0.3, 0.4) is 0 Å². The van der Waals surface area contributed by atoms with E-state index in [1.165, 1.54) is 0 Å². The smallest absolute Gasteiger partial charge is 0.269 e. The lowest BCUT2D eigenvalue weighted by Gasteiger charge is -2.29. The second kappa shape index (κ2) is 7.21. The fourth-order valence-corrected chi connectivity index (χ4v) is 2.67. The maximum absolute atomic E-state index is 12.1. The van der Waals surface area contributed by atoms with Crippen LogP contribution >= 0.6 is 0 Å². The normalized spacial score (nSPS) is 21.8. The van der Waals surface area contributed by atoms with Crippen molar-refractivity contribution in [2.24, 2.45) is 12.8 Å². The highest BCUT2D eigenvalue weighted by atomic mass is 16.2. The first kappa shape index (κ1) is 15.5. The molecule has 1 aliphatic rings.